The molecule has 0 aliphatic carbocycles. The summed E-state index contributed by atoms with van der Waals surface area (Å²) in [6.45, 7) is 11.8. The third-order valence-electron chi connectivity index (χ3n) is 17.4. The number of aromatic nitrogens is 4. The number of methoxy groups -OCH3 is 1. The molecule has 0 spiro atoms. The smallest absolute Gasteiger partial charge is 0.481 e. The molecule has 2 aromatic carbocycles. The van der Waals surface area contributed by atoms with E-state index < -0.39 is 172 Å². The highest BCUT2D eigenvalue weighted by atomic mass is 31.3. The Kier molecular flexibility index (Phi) is 21.7. The number of Topliss-reactive ketones (excluding diaryl/α,β-unsaturated/α-hetero) is 1. The second-order valence-electron chi connectivity index (χ2n) is 24.0. The number of amides is 1. The van der Waals surface area contributed by atoms with Crippen LogP contribution in [0.4, 0.5) is 11.5 Å². The number of imidazole rings is 1. The lowest BCUT2D eigenvalue weighted by molar-refractivity contribution is -0.231. The van der Waals surface area contributed by atoms with E-state index in [1.54, 1.807) is 38.8 Å². The SMILES string of the molecule is COC1/C=C/OC2(C)Oc3c(C)c(O)c4c(O)c(c(/C=N\N5CCN(C)CC5)c(O)c4c3C2=O)NC(=O)/C(C)=C\C=C\C(C)C(O)C(C)C(O[C@H]2O[C@H](COP(=O)(O)OP(=O)(O)OC[C@H]3O[C@@H](n4cnc5ncnc(N)c54)[C@H](O)[C@@H]3O)[C@@H](O)[C@H]2O)C(C)C(OC(C)=O)C1C. The Labute approximate surface area is 537 Å². The number of phenolic OH excluding ortho intramolecular Hbond substituents is 3. The first-order valence-corrected chi connectivity index (χ1v) is 32.8. The molecule has 11 unspecified atom stereocenters. The Bertz CT molecular complexity index is 3730. The molecular weight excluding hydrogens is 1280 g/mol. The van der Waals surface area contributed by atoms with Crippen LogP contribution in [0.5, 0.6) is 23.0 Å². The molecule has 19 atom stereocenters. The number of ether oxygens (including phenoxy) is 7. The number of aliphatic hydroxyl groups excluding tert-OH is 5. The summed E-state index contributed by atoms with van der Waals surface area (Å²) in [5.74, 6) is -10.7. The van der Waals surface area contributed by atoms with Crippen LogP contribution in [0.1, 0.15) is 76.2 Å². The standard InChI is InChI=1S/C58H79N9O25P2/c1-25-12-11-13-26(2)55(78)64-39-32(20-63-66-17-15-65(9)16-18-66)43(71)36-37(46(39)74)42(70)29(5)51-38(36)52(77)58(8,91-51)84-19-14-33(83-10)27(3)49(87-31(7)68)30(6)50(28(4)41(25)69)90-57-48(76)45(73)35(89-57)22-86-94(81,82)92-93(79,80)85-21-34-44(72)47(75)56(88-34)67-24-62-54-40(67)53(59)60-23-61-54/h11-14,19-20,23-25,27-28,30,33-35,41,44-45,47-50,56-57,69-76H,15-18,21-22H2,1-10H3,(H,64,78)(H,79,80)(H,81,82)(H2,59,60,61)/b12-11+,19-14+,26-13-,63-20-/t25?,27?,28?,30?,33?,34-,35-,41?,44-,45-,47-,48-,49?,50?,56-,57-,58?/m1/s1. The number of allylic oxidation sites excluding steroid dienone is 2. The minimum absolute atomic E-state index is 0.0308. The van der Waals surface area contributed by atoms with Crippen molar-refractivity contribution in [2.24, 2.45) is 28.8 Å². The van der Waals surface area contributed by atoms with Crippen molar-refractivity contribution in [3.63, 3.8) is 0 Å². The fraction of sp³-hybridized carbons (Fsp3) is 0.569. The van der Waals surface area contributed by atoms with E-state index in [0.29, 0.717) is 26.2 Å². The zero-order valence-corrected chi connectivity index (χ0v) is 54.6. The quantitative estimate of drug-likeness (QED) is 0.0266. The van der Waals surface area contributed by atoms with Gasteiger partial charge in [0.25, 0.3) is 11.7 Å². The average Bonchev–Trinajstić information content (AvgIpc) is 1.33. The molecular formula is C58H79N9O25P2. The van der Waals surface area contributed by atoms with Crippen LogP contribution in [0.25, 0.3) is 21.9 Å². The second-order valence-corrected chi connectivity index (χ2v) is 27.0. The summed E-state index contributed by atoms with van der Waals surface area (Å²) >= 11 is 0. The molecule has 3 fully saturated rings. The number of anilines is 2. The summed E-state index contributed by atoms with van der Waals surface area (Å²) in [4.78, 5) is 77.2. The summed E-state index contributed by atoms with van der Waals surface area (Å²) in [7, 11) is -8.00. The van der Waals surface area contributed by atoms with Gasteiger partial charge >= 0.3 is 27.4 Å². The Balaban J connectivity index is 0.965. The number of aliphatic hydroxyl groups is 5. The number of nitrogens with zero attached hydrogens (tertiary/aromatic N) is 7. The number of hydrogen-bond acceptors (Lipinski definition) is 30. The number of nitrogens with one attached hydrogen (secondary N) is 1. The molecule has 10 rings (SSSR count). The zero-order valence-electron chi connectivity index (χ0n) is 52.8. The lowest BCUT2D eigenvalue weighted by atomic mass is 9.78. The molecule has 5 bridgehead atoms. The van der Waals surface area contributed by atoms with Gasteiger partial charge in [-0.05, 0) is 27.0 Å². The van der Waals surface area contributed by atoms with E-state index in [2.05, 4.69) is 34.6 Å². The van der Waals surface area contributed by atoms with Gasteiger partial charge in [0.2, 0.25) is 0 Å². The van der Waals surface area contributed by atoms with Crippen LogP contribution in [0.2, 0.25) is 0 Å². The number of nitrogens with two attached hydrogens (primary N) is 1. The summed E-state index contributed by atoms with van der Waals surface area (Å²) in [5.41, 5.74) is 5.33. The highest BCUT2D eigenvalue weighted by molar-refractivity contribution is 7.61. The number of carbonyl (C=O) groups excluding carboxylic acids is 3. The van der Waals surface area contributed by atoms with Gasteiger partial charge in [0.1, 0.15) is 78.1 Å². The van der Waals surface area contributed by atoms with Gasteiger partial charge in [-0.25, -0.2) is 24.1 Å². The summed E-state index contributed by atoms with van der Waals surface area (Å²) < 4.78 is 83.9. The number of aromatic hydroxyl groups is 3. The molecule has 1 amide bonds. The van der Waals surface area contributed by atoms with Gasteiger partial charge in [-0.15, -0.1) is 0 Å². The number of nitrogen functional groups attached to an aromatic ring is 1. The maximum absolute atomic E-state index is 14.8. The monoisotopic (exact) mass is 1360 g/mol. The molecule has 8 heterocycles. The number of hydrogen-bond donors (Lipinski definition) is 12. The zero-order chi connectivity index (χ0) is 68.8. The largest absolute Gasteiger partial charge is 0.507 e. The number of esters is 1. The van der Waals surface area contributed by atoms with Crippen LogP contribution in [0.15, 0.2) is 53.9 Å². The van der Waals surface area contributed by atoms with Gasteiger partial charge in [0.05, 0.1) is 66.2 Å². The Morgan fingerprint density at radius 3 is 2.14 bits per heavy atom. The van der Waals surface area contributed by atoms with Gasteiger partial charge in [-0.1, -0.05) is 45.9 Å². The number of phosphoric acid groups is 2. The number of phosphoric ester groups is 2. The molecule has 516 valence electrons. The molecule has 4 aromatic rings. The number of piperazine rings is 1. The second kappa shape index (κ2) is 28.5. The molecule has 2 aromatic heterocycles. The van der Waals surface area contributed by atoms with Crippen molar-refractivity contribution in [3.8, 4) is 23.0 Å². The summed E-state index contributed by atoms with van der Waals surface area (Å²) in [6, 6.07) is 0. The first kappa shape index (κ1) is 71.5. The predicted molar refractivity (Wildman–Crippen MR) is 328 cm³/mol. The van der Waals surface area contributed by atoms with Crippen LogP contribution >= 0.6 is 15.6 Å². The molecule has 13 N–H and O–H groups in total. The topological polar surface area (TPSA) is 480 Å². The van der Waals surface area contributed by atoms with Crippen LogP contribution in [0.3, 0.4) is 0 Å². The molecule has 3 saturated heterocycles. The Morgan fingerprint density at radius 1 is 0.840 bits per heavy atom. The maximum atomic E-state index is 14.8. The average molecular weight is 1360 g/mol. The van der Waals surface area contributed by atoms with E-state index in [4.69, 9.17) is 47.9 Å². The van der Waals surface area contributed by atoms with Crippen LogP contribution in [0, 0.1) is 30.6 Å². The van der Waals surface area contributed by atoms with E-state index in [0.717, 1.165) is 19.5 Å². The fourth-order valence-electron chi connectivity index (χ4n) is 12.0. The minimum atomic E-state index is -5.67. The van der Waals surface area contributed by atoms with Gasteiger partial charge < -0.3 is 99.7 Å². The molecule has 6 aliphatic rings. The van der Waals surface area contributed by atoms with Gasteiger partial charge in [-0.2, -0.15) is 9.41 Å². The number of fused-ring (bicyclic) bond motifs is 15. The summed E-state index contributed by atoms with van der Waals surface area (Å²) in [5, 5.41) is 101. The van der Waals surface area contributed by atoms with Crippen LogP contribution in [-0.2, 0) is 60.5 Å². The number of hydrazone groups is 1. The van der Waals surface area contributed by atoms with E-state index in [1.807, 2.05) is 7.05 Å². The highest BCUT2D eigenvalue weighted by Gasteiger charge is 2.53. The highest BCUT2D eigenvalue weighted by Crippen LogP contribution is 2.61. The minimum Gasteiger partial charge on any atom is -0.507 e. The Morgan fingerprint density at radius 2 is 1.49 bits per heavy atom. The normalized spacial score (nSPS) is 34.1. The van der Waals surface area contributed by atoms with Crippen molar-refractivity contribution in [3.05, 3.63) is 65.5 Å². The van der Waals surface area contributed by atoms with E-state index >= 15 is 0 Å². The van der Waals surface area contributed by atoms with Crippen molar-refractivity contribution in [1.82, 2.24) is 29.4 Å². The number of likely N-dealkylation sites (N-methyl/N-ethyl adjacent to an activating group) is 1. The third kappa shape index (κ3) is 14.6. The fourth-order valence-corrected chi connectivity index (χ4v) is 14.1. The number of ketones is 1. The van der Waals surface area contributed by atoms with Crippen molar-refractivity contribution in [1.29, 1.82) is 0 Å². The third-order valence-corrected chi connectivity index (χ3v) is 20.0. The van der Waals surface area contributed by atoms with Gasteiger partial charge in [0, 0.05) is 87.3 Å². The van der Waals surface area contributed by atoms with E-state index in [1.165, 1.54) is 63.2 Å². The van der Waals surface area contributed by atoms with Gasteiger partial charge in [0.15, 0.2) is 29.7 Å². The maximum Gasteiger partial charge on any atom is 0.481 e. The molecule has 6 aliphatic heterocycles. The predicted octanol–water partition coefficient (Wildman–Crippen LogP) is 2.10. The van der Waals surface area contributed by atoms with Gasteiger partial charge in [-0.3, -0.25) is 33.0 Å². The van der Waals surface area contributed by atoms with Crippen molar-refractivity contribution >= 4 is 73.0 Å². The molecule has 0 radical (unpaired) electrons. The number of benzene rings is 2. The number of phenols is 3. The first-order valence-electron chi connectivity index (χ1n) is 29.8. The van der Waals surface area contributed by atoms with E-state index in [9.17, 15) is 74.2 Å². The number of carbonyl (C=O) groups is 3. The molecule has 36 heteroatoms. The lowest BCUT2D eigenvalue weighted by Gasteiger charge is -2.41. The van der Waals surface area contributed by atoms with Crippen molar-refractivity contribution in [2.45, 2.75) is 135 Å². The van der Waals surface area contributed by atoms with Crippen LogP contribution < -0.4 is 15.8 Å². The number of rotatable bonds is 15. The van der Waals surface area contributed by atoms with Crippen molar-refractivity contribution < 1.29 is 121 Å². The molecule has 94 heavy (non-hydrogen) atoms. The van der Waals surface area contributed by atoms with Crippen molar-refractivity contribution in [2.75, 3.05) is 64.6 Å². The lowest BCUT2D eigenvalue weighted by Crippen LogP contribution is -2.50. The molecule has 0 saturated carbocycles. The first-order chi connectivity index (χ1) is 44.2. The van der Waals surface area contributed by atoms with E-state index in [-0.39, 0.29) is 56.1 Å². The summed E-state index contributed by atoms with van der Waals surface area (Å²) in [6.07, 6.45) is -8.51. The van der Waals surface area contributed by atoms with Crippen LogP contribution in [-0.4, -0.2) is 231 Å². The Hall–Kier alpha value is -6.79. The molecule has 34 nitrogen and oxygen atoms in total.